The highest BCUT2D eigenvalue weighted by atomic mass is 16.3. The van der Waals surface area contributed by atoms with Crippen molar-refractivity contribution in [3.63, 3.8) is 0 Å². The van der Waals surface area contributed by atoms with Gasteiger partial charge in [-0.25, -0.2) is 0 Å². The van der Waals surface area contributed by atoms with Crippen molar-refractivity contribution < 1.29 is 9.90 Å². The Morgan fingerprint density at radius 1 is 1.33 bits per heavy atom. The third kappa shape index (κ3) is 3.36. The summed E-state index contributed by atoms with van der Waals surface area (Å²) in [5.41, 5.74) is 2.78. The number of rotatable bonds is 3. The van der Waals surface area contributed by atoms with E-state index in [9.17, 15) is 4.79 Å². The number of nitrogens with one attached hydrogen (secondary N) is 1. The van der Waals surface area contributed by atoms with E-state index >= 15 is 0 Å². The van der Waals surface area contributed by atoms with Gasteiger partial charge >= 0.3 is 0 Å². The Kier molecular flexibility index (Phi) is 3.86. The lowest BCUT2D eigenvalue weighted by molar-refractivity contribution is 0.0922. The molecule has 0 aliphatic carbocycles. The number of hydrogen-bond acceptors (Lipinski definition) is 2. The lowest BCUT2D eigenvalue weighted by atomic mass is 10.1. The van der Waals surface area contributed by atoms with Gasteiger partial charge in [0, 0.05) is 11.6 Å². The minimum absolute atomic E-state index is 0.0451. The molecule has 1 amide bonds. The lowest BCUT2D eigenvalue weighted by Gasteiger charge is -2.11. The molecule has 1 rings (SSSR count). The van der Waals surface area contributed by atoms with Gasteiger partial charge < -0.3 is 10.4 Å². The zero-order chi connectivity index (χ0) is 11.4. The van der Waals surface area contributed by atoms with Crippen molar-refractivity contribution in [1.29, 1.82) is 0 Å². The van der Waals surface area contributed by atoms with Gasteiger partial charge in [-0.15, -0.1) is 0 Å². The molecule has 0 fully saturated rings. The molecular weight excluding hydrogens is 190 g/mol. The topological polar surface area (TPSA) is 49.3 Å². The lowest BCUT2D eigenvalue weighted by Crippen LogP contribution is -2.35. The maximum atomic E-state index is 11.7. The number of carbonyl (C=O) groups is 1. The van der Waals surface area contributed by atoms with Crippen LogP contribution in [0.5, 0.6) is 0 Å². The molecule has 0 saturated heterocycles. The minimum Gasteiger partial charge on any atom is -0.394 e. The molecule has 3 heteroatoms. The van der Waals surface area contributed by atoms with Crippen molar-refractivity contribution in [3.8, 4) is 0 Å². The number of aliphatic hydroxyl groups excluding tert-OH is 1. The Balaban J connectivity index is 2.82. The maximum Gasteiger partial charge on any atom is 0.251 e. The van der Waals surface area contributed by atoms with Crippen molar-refractivity contribution in [2.45, 2.75) is 26.8 Å². The first-order valence-electron chi connectivity index (χ1n) is 5.03. The van der Waals surface area contributed by atoms with Crippen LogP contribution < -0.4 is 5.32 Å². The first-order chi connectivity index (χ1) is 7.02. The van der Waals surface area contributed by atoms with E-state index in [-0.39, 0.29) is 18.6 Å². The van der Waals surface area contributed by atoms with Crippen LogP contribution in [-0.4, -0.2) is 23.7 Å². The van der Waals surface area contributed by atoms with Crippen LogP contribution in [-0.2, 0) is 0 Å². The van der Waals surface area contributed by atoms with E-state index in [0.717, 1.165) is 11.1 Å². The van der Waals surface area contributed by atoms with Crippen molar-refractivity contribution >= 4 is 5.91 Å². The third-order valence-electron chi connectivity index (χ3n) is 2.14. The van der Waals surface area contributed by atoms with Crippen LogP contribution in [0.25, 0.3) is 0 Å². The highest BCUT2D eigenvalue weighted by Gasteiger charge is 2.09. The van der Waals surface area contributed by atoms with E-state index in [4.69, 9.17) is 5.11 Å². The molecule has 0 spiro atoms. The summed E-state index contributed by atoms with van der Waals surface area (Å²) in [7, 11) is 0. The molecule has 0 bridgehead atoms. The predicted octanol–water partition coefficient (Wildman–Crippen LogP) is 1.41. The summed E-state index contributed by atoms with van der Waals surface area (Å²) in [4.78, 5) is 11.7. The molecule has 1 aromatic carbocycles. The molecule has 1 unspecified atom stereocenters. The molecule has 15 heavy (non-hydrogen) atoms. The molecular formula is C12H17NO2. The molecule has 1 atom stereocenters. The fourth-order valence-corrected chi connectivity index (χ4v) is 1.46. The molecule has 2 N–H and O–H groups in total. The van der Waals surface area contributed by atoms with Crippen molar-refractivity contribution in [2.75, 3.05) is 6.61 Å². The Morgan fingerprint density at radius 3 is 2.33 bits per heavy atom. The van der Waals surface area contributed by atoms with Gasteiger partial charge in [0.1, 0.15) is 0 Å². The van der Waals surface area contributed by atoms with E-state index in [1.807, 2.05) is 32.0 Å². The summed E-state index contributed by atoms with van der Waals surface area (Å²) in [6, 6.07) is 5.49. The summed E-state index contributed by atoms with van der Waals surface area (Å²) in [6.45, 7) is 5.63. The number of benzene rings is 1. The van der Waals surface area contributed by atoms with Gasteiger partial charge in [0.05, 0.1) is 6.61 Å². The van der Waals surface area contributed by atoms with E-state index in [1.54, 1.807) is 6.92 Å². The summed E-state index contributed by atoms with van der Waals surface area (Å²) in [5.74, 6) is -0.136. The molecule has 0 radical (unpaired) electrons. The number of carbonyl (C=O) groups excluding carboxylic acids is 1. The predicted molar refractivity (Wildman–Crippen MR) is 59.9 cm³/mol. The number of amides is 1. The molecule has 82 valence electrons. The fraction of sp³-hybridized carbons (Fsp3) is 0.417. The zero-order valence-electron chi connectivity index (χ0n) is 9.37. The Bertz CT molecular complexity index is 340. The average Bonchev–Trinajstić information content (AvgIpc) is 2.16. The van der Waals surface area contributed by atoms with E-state index in [2.05, 4.69) is 5.32 Å². The Hall–Kier alpha value is -1.35. The van der Waals surface area contributed by atoms with Crippen LogP contribution in [0, 0.1) is 13.8 Å². The second-order valence-corrected chi connectivity index (χ2v) is 3.93. The van der Waals surface area contributed by atoms with Crippen LogP contribution in [0.2, 0.25) is 0 Å². The summed E-state index contributed by atoms with van der Waals surface area (Å²) >= 11 is 0. The van der Waals surface area contributed by atoms with Crippen LogP contribution in [0.4, 0.5) is 0 Å². The Labute approximate surface area is 90.1 Å². The first-order valence-corrected chi connectivity index (χ1v) is 5.03. The van der Waals surface area contributed by atoms with Gasteiger partial charge in [0.25, 0.3) is 5.91 Å². The van der Waals surface area contributed by atoms with Crippen molar-refractivity contribution in [2.24, 2.45) is 0 Å². The van der Waals surface area contributed by atoms with Crippen molar-refractivity contribution in [3.05, 3.63) is 34.9 Å². The second-order valence-electron chi connectivity index (χ2n) is 3.93. The summed E-state index contributed by atoms with van der Waals surface area (Å²) in [5, 5.41) is 11.5. The fourth-order valence-electron chi connectivity index (χ4n) is 1.46. The van der Waals surface area contributed by atoms with Gasteiger partial charge in [-0.05, 0) is 32.9 Å². The average molecular weight is 207 g/mol. The zero-order valence-corrected chi connectivity index (χ0v) is 9.37. The number of hydrogen-bond donors (Lipinski definition) is 2. The highest BCUT2D eigenvalue weighted by Crippen LogP contribution is 2.08. The summed E-state index contributed by atoms with van der Waals surface area (Å²) < 4.78 is 0. The van der Waals surface area contributed by atoms with Crippen molar-refractivity contribution in [1.82, 2.24) is 5.32 Å². The van der Waals surface area contributed by atoms with E-state index in [0.29, 0.717) is 5.56 Å². The largest absolute Gasteiger partial charge is 0.394 e. The normalized spacial score (nSPS) is 12.3. The molecule has 0 saturated carbocycles. The first kappa shape index (κ1) is 11.7. The van der Waals surface area contributed by atoms with Gasteiger partial charge in [-0.1, -0.05) is 17.2 Å². The number of aryl methyl sites for hydroxylation is 2. The van der Waals surface area contributed by atoms with Crippen LogP contribution in [0.3, 0.4) is 0 Å². The van der Waals surface area contributed by atoms with Gasteiger partial charge in [0.15, 0.2) is 0 Å². The SMILES string of the molecule is Cc1cc(C)cc(C(=O)NC(C)CO)c1. The molecule has 3 nitrogen and oxygen atoms in total. The number of aliphatic hydroxyl groups is 1. The van der Waals surface area contributed by atoms with Crippen LogP contribution in [0.1, 0.15) is 28.4 Å². The van der Waals surface area contributed by atoms with Gasteiger partial charge in [0.2, 0.25) is 0 Å². The molecule has 0 heterocycles. The second kappa shape index (κ2) is 4.94. The van der Waals surface area contributed by atoms with Gasteiger partial charge in [-0.3, -0.25) is 4.79 Å². The molecule has 0 aliphatic heterocycles. The smallest absolute Gasteiger partial charge is 0.251 e. The van der Waals surface area contributed by atoms with E-state index in [1.165, 1.54) is 0 Å². The monoisotopic (exact) mass is 207 g/mol. The minimum atomic E-state index is -0.210. The highest BCUT2D eigenvalue weighted by molar-refractivity contribution is 5.94. The standard InChI is InChI=1S/C12H17NO2/c1-8-4-9(2)6-11(5-8)12(15)13-10(3)7-14/h4-6,10,14H,7H2,1-3H3,(H,13,15). The molecule has 1 aromatic rings. The maximum absolute atomic E-state index is 11.7. The van der Waals surface area contributed by atoms with E-state index < -0.39 is 0 Å². The summed E-state index contributed by atoms with van der Waals surface area (Å²) in [6.07, 6.45) is 0. The molecule has 0 aromatic heterocycles. The quantitative estimate of drug-likeness (QED) is 0.787. The third-order valence-corrected chi connectivity index (χ3v) is 2.14. The van der Waals surface area contributed by atoms with Gasteiger partial charge in [-0.2, -0.15) is 0 Å². The van der Waals surface area contributed by atoms with Crippen LogP contribution in [0.15, 0.2) is 18.2 Å². The Morgan fingerprint density at radius 2 is 1.87 bits per heavy atom. The van der Waals surface area contributed by atoms with Crippen LogP contribution >= 0.6 is 0 Å². The molecule has 0 aliphatic rings.